The molecule has 0 aromatic rings. The van der Waals surface area contributed by atoms with Crippen LogP contribution in [0.3, 0.4) is 0 Å². The van der Waals surface area contributed by atoms with Crippen molar-refractivity contribution in [3.8, 4) is 0 Å². The van der Waals surface area contributed by atoms with Crippen molar-refractivity contribution in [1.29, 1.82) is 0 Å². The van der Waals surface area contributed by atoms with E-state index in [0.29, 0.717) is 0 Å². The maximum absolute atomic E-state index is 9.25. The highest BCUT2D eigenvalue weighted by Gasteiger charge is 2.25. The van der Waals surface area contributed by atoms with E-state index in [9.17, 15) is 5.11 Å². The van der Waals surface area contributed by atoms with Gasteiger partial charge in [0.1, 0.15) is 0 Å². The summed E-state index contributed by atoms with van der Waals surface area (Å²) >= 11 is 0. The molecule has 20 heavy (non-hydrogen) atoms. The lowest BCUT2D eigenvalue weighted by atomic mass is 9.79. The Morgan fingerprint density at radius 2 is 1.90 bits per heavy atom. The van der Waals surface area contributed by atoms with Crippen molar-refractivity contribution in [2.75, 3.05) is 26.2 Å². The largest absolute Gasteiger partial charge is 0.396 e. The molecule has 0 amide bonds. The van der Waals surface area contributed by atoms with Crippen LogP contribution in [0.25, 0.3) is 0 Å². The Labute approximate surface area is 124 Å². The maximum atomic E-state index is 9.25. The lowest BCUT2D eigenvalue weighted by molar-refractivity contribution is 0.175. The van der Waals surface area contributed by atoms with E-state index in [1.54, 1.807) is 0 Å². The van der Waals surface area contributed by atoms with Crippen molar-refractivity contribution in [3.63, 3.8) is 0 Å². The minimum atomic E-state index is 0.125. The van der Waals surface area contributed by atoms with Crippen LogP contribution in [0.1, 0.15) is 53.4 Å². The van der Waals surface area contributed by atoms with Crippen LogP contribution in [0.5, 0.6) is 0 Å². The van der Waals surface area contributed by atoms with E-state index in [2.05, 4.69) is 43.6 Å². The van der Waals surface area contributed by atoms with E-state index in [0.717, 1.165) is 51.3 Å². The highest BCUT2D eigenvalue weighted by atomic mass is 16.3. The number of aliphatic hydroxyl groups is 1. The average molecular weight is 283 g/mol. The van der Waals surface area contributed by atoms with Gasteiger partial charge in [-0.25, -0.2) is 0 Å². The molecule has 0 aromatic heterocycles. The third kappa shape index (κ3) is 7.53. The summed E-state index contributed by atoms with van der Waals surface area (Å²) in [6.07, 6.45) is 8.12. The summed E-state index contributed by atoms with van der Waals surface area (Å²) in [4.78, 5) is 4.70. The Morgan fingerprint density at radius 1 is 1.20 bits per heavy atom. The van der Waals surface area contributed by atoms with Crippen LogP contribution < -0.4 is 10.6 Å². The van der Waals surface area contributed by atoms with E-state index in [1.165, 1.54) is 0 Å². The van der Waals surface area contributed by atoms with Gasteiger partial charge < -0.3 is 15.7 Å². The normalized spacial score (nSPS) is 12.9. The molecule has 0 fully saturated rings. The zero-order valence-electron chi connectivity index (χ0n) is 13.7. The van der Waals surface area contributed by atoms with Gasteiger partial charge in [0.05, 0.1) is 0 Å². The molecule has 0 rings (SSSR count). The van der Waals surface area contributed by atoms with Gasteiger partial charge in [-0.2, -0.15) is 0 Å². The van der Waals surface area contributed by atoms with E-state index < -0.39 is 0 Å². The summed E-state index contributed by atoms with van der Waals surface area (Å²) in [6.45, 7) is 11.2. The van der Waals surface area contributed by atoms with Crippen LogP contribution in [-0.4, -0.2) is 37.3 Å². The number of aliphatic imine (C=N–C) groups is 1. The maximum Gasteiger partial charge on any atom is 0.191 e. The van der Waals surface area contributed by atoms with E-state index in [4.69, 9.17) is 4.99 Å². The molecule has 0 spiro atoms. The van der Waals surface area contributed by atoms with Crippen LogP contribution in [0.2, 0.25) is 0 Å². The quantitative estimate of drug-likeness (QED) is 0.250. The first-order valence-corrected chi connectivity index (χ1v) is 7.92. The first-order chi connectivity index (χ1) is 9.67. The lowest BCUT2D eigenvalue weighted by Crippen LogP contribution is -2.39. The van der Waals surface area contributed by atoms with Crippen LogP contribution in [0.15, 0.2) is 17.1 Å². The molecule has 4 heteroatoms. The minimum Gasteiger partial charge on any atom is -0.396 e. The predicted octanol–water partition coefficient (Wildman–Crippen LogP) is 2.70. The van der Waals surface area contributed by atoms with Gasteiger partial charge in [0, 0.05) is 26.2 Å². The van der Waals surface area contributed by atoms with Crippen LogP contribution in [0, 0.1) is 5.41 Å². The minimum absolute atomic E-state index is 0.125. The van der Waals surface area contributed by atoms with Crippen LogP contribution in [0.4, 0.5) is 0 Å². The zero-order chi connectivity index (χ0) is 15.3. The Morgan fingerprint density at radius 3 is 2.40 bits per heavy atom. The fraction of sp³-hybridized carbons (Fsp3) is 0.812. The SMILES string of the molecule is C/C=C/CCNC(=NCC(CC)(CC)CCO)NCC. The molecule has 0 unspecified atom stereocenters. The number of aliphatic hydroxyl groups excluding tert-OH is 1. The number of allylic oxidation sites excluding steroid dienone is 1. The summed E-state index contributed by atoms with van der Waals surface area (Å²) < 4.78 is 0. The molecule has 3 N–H and O–H groups in total. The van der Waals surface area contributed by atoms with Crippen LogP contribution in [-0.2, 0) is 0 Å². The monoisotopic (exact) mass is 283 g/mol. The van der Waals surface area contributed by atoms with Gasteiger partial charge in [0.2, 0.25) is 0 Å². The van der Waals surface area contributed by atoms with Gasteiger partial charge in [-0.3, -0.25) is 4.99 Å². The summed E-state index contributed by atoms with van der Waals surface area (Å²) in [5.74, 6) is 0.876. The van der Waals surface area contributed by atoms with Crippen LogP contribution >= 0.6 is 0 Å². The van der Waals surface area contributed by atoms with Crippen molar-refractivity contribution in [3.05, 3.63) is 12.2 Å². The Hall–Kier alpha value is -1.03. The lowest BCUT2D eigenvalue weighted by Gasteiger charge is -2.29. The van der Waals surface area contributed by atoms with Gasteiger partial charge in [-0.05, 0) is 44.9 Å². The molecule has 0 aromatic carbocycles. The number of hydrogen-bond donors (Lipinski definition) is 3. The third-order valence-corrected chi connectivity index (χ3v) is 3.90. The number of nitrogens with one attached hydrogen (secondary N) is 2. The molecule has 4 nitrogen and oxygen atoms in total. The van der Waals surface area contributed by atoms with E-state index in [-0.39, 0.29) is 12.0 Å². The van der Waals surface area contributed by atoms with Crippen molar-refractivity contribution in [2.24, 2.45) is 10.4 Å². The van der Waals surface area contributed by atoms with E-state index >= 15 is 0 Å². The molecule has 0 saturated carbocycles. The first kappa shape index (κ1) is 19.0. The highest BCUT2D eigenvalue weighted by Crippen LogP contribution is 2.30. The van der Waals surface area contributed by atoms with Crippen molar-refractivity contribution >= 4 is 5.96 Å². The van der Waals surface area contributed by atoms with Gasteiger partial charge in [-0.1, -0.05) is 26.0 Å². The summed E-state index contributed by atoms with van der Waals surface area (Å²) in [5, 5.41) is 15.9. The second-order valence-corrected chi connectivity index (χ2v) is 5.16. The zero-order valence-corrected chi connectivity index (χ0v) is 13.7. The number of rotatable bonds is 10. The van der Waals surface area contributed by atoms with Crippen molar-refractivity contribution in [1.82, 2.24) is 10.6 Å². The molecule has 0 bridgehead atoms. The molecule has 0 atom stereocenters. The number of nitrogens with zero attached hydrogens (tertiary/aromatic N) is 1. The third-order valence-electron chi connectivity index (χ3n) is 3.90. The molecular weight excluding hydrogens is 250 g/mol. The Bertz CT molecular complexity index is 283. The summed E-state index contributed by atoms with van der Waals surface area (Å²) in [6, 6.07) is 0. The summed E-state index contributed by atoms with van der Waals surface area (Å²) in [5.41, 5.74) is 0.125. The topological polar surface area (TPSA) is 56.7 Å². The second kappa shape index (κ2) is 11.8. The average Bonchev–Trinajstić information content (AvgIpc) is 2.47. The first-order valence-electron chi connectivity index (χ1n) is 7.92. The molecule has 0 saturated heterocycles. The van der Waals surface area contributed by atoms with Gasteiger partial charge in [0.25, 0.3) is 0 Å². The molecule has 118 valence electrons. The summed E-state index contributed by atoms with van der Waals surface area (Å²) in [7, 11) is 0. The molecule has 0 aliphatic carbocycles. The molecule has 0 aliphatic rings. The smallest absolute Gasteiger partial charge is 0.191 e. The van der Waals surface area contributed by atoms with Crippen molar-refractivity contribution < 1.29 is 5.11 Å². The number of hydrogen-bond acceptors (Lipinski definition) is 2. The van der Waals surface area contributed by atoms with Crippen molar-refractivity contribution in [2.45, 2.75) is 53.4 Å². The molecule has 0 heterocycles. The molecule has 0 radical (unpaired) electrons. The standard InChI is InChI=1S/C16H33N3O/c1-5-9-10-12-18-15(17-8-4)19-14-16(6-2,7-3)11-13-20/h5,9,20H,6-8,10-14H2,1-4H3,(H2,17,18,19)/b9-5+. The fourth-order valence-electron chi connectivity index (χ4n) is 2.17. The Balaban J connectivity index is 4.55. The highest BCUT2D eigenvalue weighted by molar-refractivity contribution is 5.79. The number of guanidine groups is 1. The molecule has 0 aliphatic heterocycles. The van der Waals surface area contributed by atoms with E-state index in [1.807, 2.05) is 6.92 Å². The second-order valence-electron chi connectivity index (χ2n) is 5.16. The fourth-order valence-corrected chi connectivity index (χ4v) is 2.17. The molecular formula is C16H33N3O. The van der Waals surface area contributed by atoms with Gasteiger partial charge >= 0.3 is 0 Å². The van der Waals surface area contributed by atoms with Gasteiger partial charge in [-0.15, -0.1) is 0 Å². The van der Waals surface area contributed by atoms with Gasteiger partial charge in [0.15, 0.2) is 5.96 Å². The Kier molecular flexibility index (Phi) is 11.2. The predicted molar refractivity (Wildman–Crippen MR) is 88.1 cm³/mol.